The first-order valence-corrected chi connectivity index (χ1v) is 10.2. The Morgan fingerprint density at radius 2 is 1.78 bits per heavy atom. The average Bonchev–Trinajstić information content (AvgIpc) is 2.74. The van der Waals surface area contributed by atoms with Gasteiger partial charge in [0.2, 0.25) is 11.8 Å². The van der Waals surface area contributed by atoms with Crippen LogP contribution in [0.3, 0.4) is 0 Å². The van der Waals surface area contributed by atoms with Gasteiger partial charge in [-0.05, 0) is 18.4 Å². The first-order valence-electron chi connectivity index (χ1n) is 10.2. The third-order valence-corrected chi connectivity index (χ3v) is 5.49. The van der Waals surface area contributed by atoms with Gasteiger partial charge in [0.1, 0.15) is 6.04 Å². The van der Waals surface area contributed by atoms with E-state index >= 15 is 0 Å². The van der Waals surface area contributed by atoms with E-state index in [2.05, 4.69) is 15.5 Å². The number of carbonyl (C=O) groups is 2. The zero-order chi connectivity index (χ0) is 18.9. The Morgan fingerprint density at radius 1 is 1.07 bits per heavy atom. The maximum atomic E-state index is 12.8. The van der Waals surface area contributed by atoms with Gasteiger partial charge in [0, 0.05) is 32.1 Å². The van der Waals surface area contributed by atoms with E-state index in [9.17, 15) is 9.59 Å². The van der Waals surface area contributed by atoms with E-state index in [-0.39, 0.29) is 17.7 Å². The number of ether oxygens (including phenoxy) is 1. The van der Waals surface area contributed by atoms with Crippen LogP contribution in [0.15, 0.2) is 30.3 Å². The highest BCUT2D eigenvalue weighted by molar-refractivity contribution is 5.89. The Balaban J connectivity index is 1.57. The van der Waals surface area contributed by atoms with Gasteiger partial charge >= 0.3 is 0 Å². The summed E-state index contributed by atoms with van der Waals surface area (Å²) in [5, 5.41) is 6.01. The van der Waals surface area contributed by atoms with E-state index in [1.807, 2.05) is 30.3 Å². The number of hydrogen-bond donors (Lipinski definition) is 2. The molecule has 148 valence electrons. The first kappa shape index (κ1) is 19.8. The molecule has 2 amide bonds. The number of nitrogens with zero attached hydrogens (tertiary/aromatic N) is 1. The highest BCUT2D eigenvalue weighted by Gasteiger charge is 2.27. The number of nitrogens with one attached hydrogen (secondary N) is 2. The number of amides is 2. The minimum absolute atomic E-state index is 0.00637. The number of carbonyl (C=O) groups excluding carboxylic acids is 2. The molecule has 1 unspecified atom stereocenters. The van der Waals surface area contributed by atoms with Gasteiger partial charge in [0.05, 0.1) is 13.2 Å². The molecule has 1 atom stereocenters. The number of morpholine rings is 1. The maximum absolute atomic E-state index is 12.8. The summed E-state index contributed by atoms with van der Waals surface area (Å²) in [6, 6.07) is 8.87. The molecular formula is C21H31N3O3. The fourth-order valence-electron chi connectivity index (χ4n) is 3.83. The molecule has 0 aromatic heterocycles. The smallest absolute Gasteiger partial charge is 0.247 e. The number of benzene rings is 1. The average molecular weight is 373 g/mol. The molecule has 0 radical (unpaired) electrons. The lowest BCUT2D eigenvalue weighted by molar-refractivity contribution is -0.132. The molecule has 1 saturated carbocycles. The molecule has 3 rings (SSSR count). The Hall–Kier alpha value is -1.92. The molecule has 1 saturated heterocycles. The summed E-state index contributed by atoms with van der Waals surface area (Å²) in [6.07, 6.45) is 5.24. The van der Waals surface area contributed by atoms with Gasteiger partial charge in [0.25, 0.3) is 0 Å². The minimum atomic E-state index is -0.634. The molecule has 2 aliphatic rings. The molecule has 1 aromatic rings. The van der Waals surface area contributed by atoms with Crippen molar-refractivity contribution < 1.29 is 14.3 Å². The predicted octanol–water partition coefficient (Wildman–Crippen LogP) is 1.87. The SMILES string of the molecule is O=C(NC(C(=O)NCCN1CCOCC1)c1ccccc1)C1CCCCC1. The van der Waals surface area contributed by atoms with Crippen LogP contribution < -0.4 is 10.6 Å². The van der Waals surface area contributed by atoms with Crippen LogP contribution in [0.4, 0.5) is 0 Å². The van der Waals surface area contributed by atoms with Crippen molar-refractivity contribution in [1.29, 1.82) is 0 Å². The van der Waals surface area contributed by atoms with Gasteiger partial charge in [0.15, 0.2) is 0 Å². The summed E-state index contributed by atoms with van der Waals surface area (Å²) in [7, 11) is 0. The third-order valence-electron chi connectivity index (χ3n) is 5.49. The van der Waals surface area contributed by atoms with E-state index in [1.54, 1.807) is 0 Å². The van der Waals surface area contributed by atoms with E-state index in [1.165, 1.54) is 6.42 Å². The van der Waals surface area contributed by atoms with Crippen molar-refractivity contribution in [1.82, 2.24) is 15.5 Å². The van der Waals surface area contributed by atoms with Crippen LogP contribution in [0.1, 0.15) is 43.7 Å². The molecule has 1 aromatic carbocycles. The van der Waals surface area contributed by atoms with Crippen LogP contribution in [0.5, 0.6) is 0 Å². The predicted molar refractivity (Wildman–Crippen MR) is 104 cm³/mol. The van der Waals surface area contributed by atoms with Gasteiger partial charge in [-0.25, -0.2) is 0 Å². The summed E-state index contributed by atoms with van der Waals surface area (Å²) in [4.78, 5) is 27.8. The standard InChI is InChI=1S/C21H31N3O3/c25-20(18-9-5-2-6-10-18)23-19(17-7-3-1-4-8-17)21(26)22-11-12-24-13-15-27-16-14-24/h1,3-4,7-8,18-19H,2,5-6,9-16H2,(H,22,26)(H,23,25). The van der Waals surface area contributed by atoms with E-state index in [0.717, 1.165) is 64.1 Å². The van der Waals surface area contributed by atoms with Crippen LogP contribution in [0.2, 0.25) is 0 Å². The molecule has 0 spiro atoms. The Labute approximate surface area is 161 Å². The van der Waals surface area contributed by atoms with E-state index in [4.69, 9.17) is 4.74 Å². The molecule has 6 heteroatoms. The molecule has 2 N–H and O–H groups in total. The van der Waals surface area contributed by atoms with Crippen molar-refractivity contribution in [3.63, 3.8) is 0 Å². The van der Waals surface area contributed by atoms with Crippen LogP contribution in [-0.2, 0) is 14.3 Å². The van der Waals surface area contributed by atoms with E-state index in [0.29, 0.717) is 6.54 Å². The Bertz CT molecular complexity index is 596. The van der Waals surface area contributed by atoms with Gasteiger partial charge < -0.3 is 15.4 Å². The quantitative estimate of drug-likeness (QED) is 0.766. The zero-order valence-corrected chi connectivity index (χ0v) is 16.0. The topological polar surface area (TPSA) is 70.7 Å². The lowest BCUT2D eigenvalue weighted by Crippen LogP contribution is -2.46. The largest absolute Gasteiger partial charge is 0.379 e. The molecule has 1 aliphatic carbocycles. The number of hydrogen-bond acceptors (Lipinski definition) is 4. The zero-order valence-electron chi connectivity index (χ0n) is 16.0. The van der Waals surface area contributed by atoms with Crippen molar-refractivity contribution in [3.05, 3.63) is 35.9 Å². The maximum Gasteiger partial charge on any atom is 0.247 e. The molecule has 2 fully saturated rings. The Kier molecular flexibility index (Phi) is 7.66. The van der Waals surface area contributed by atoms with Gasteiger partial charge in [-0.15, -0.1) is 0 Å². The van der Waals surface area contributed by atoms with Crippen LogP contribution in [-0.4, -0.2) is 56.1 Å². The third kappa shape index (κ3) is 6.04. The monoisotopic (exact) mass is 373 g/mol. The molecule has 27 heavy (non-hydrogen) atoms. The fraction of sp³-hybridized carbons (Fsp3) is 0.619. The van der Waals surface area contributed by atoms with E-state index < -0.39 is 6.04 Å². The number of rotatable bonds is 7. The van der Waals surface area contributed by atoms with Gasteiger partial charge in [-0.2, -0.15) is 0 Å². The lowest BCUT2D eigenvalue weighted by atomic mass is 9.88. The van der Waals surface area contributed by atoms with Gasteiger partial charge in [-0.3, -0.25) is 14.5 Å². The van der Waals surface area contributed by atoms with Crippen molar-refractivity contribution in [2.45, 2.75) is 38.1 Å². The summed E-state index contributed by atoms with van der Waals surface area (Å²) in [5.74, 6) is -0.100. The second kappa shape index (κ2) is 10.4. The van der Waals surface area contributed by atoms with Crippen molar-refractivity contribution in [3.8, 4) is 0 Å². The molecule has 6 nitrogen and oxygen atoms in total. The first-order chi connectivity index (χ1) is 13.2. The fourth-order valence-corrected chi connectivity index (χ4v) is 3.83. The normalized spacial score (nSPS) is 20.0. The molecule has 0 bridgehead atoms. The lowest BCUT2D eigenvalue weighted by Gasteiger charge is -2.27. The highest BCUT2D eigenvalue weighted by Crippen LogP contribution is 2.25. The second-order valence-electron chi connectivity index (χ2n) is 7.43. The van der Waals surface area contributed by atoms with Crippen molar-refractivity contribution in [2.24, 2.45) is 5.92 Å². The van der Waals surface area contributed by atoms with Gasteiger partial charge in [-0.1, -0.05) is 49.6 Å². The van der Waals surface area contributed by atoms with Crippen molar-refractivity contribution >= 4 is 11.8 Å². The van der Waals surface area contributed by atoms with Crippen LogP contribution in [0.25, 0.3) is 0 Å². The summed E-state index contributed by atoms with van der Waals surface area (Å²) in [5.41, 5.74) is 0.825. The second-order valence-corrected chi connectivity index (χ2v) is 7.43. The summed E-state index contributed by atoms with van der Waals surface area (Å²) in [6.45, 7) is 4.66. The van der Waals surface area contributed by atoms with Crippen LogP contribution >= 0.6 is 0 Å². The molecule has 1 heterocycles. The minimum Gasteiger partial charge on any atom is -0.379 e. The van der Waals surface area contributed by atoms with Crippen molar-refractivity contribution in [2.75, 3.05) is 39.4 Å². The Morgan fingerprint density at radius 3 is 2.48 bits per heavy atom. The summed E-state index contributed by atoms with van der Waals surface area (Å²) < 4.78 is 5.35. The van der Waals surface area contributed by atoms with Crippen LogP contribution in [0, 0.1) is 5.92 Å². The highest BCUT2D eigenvalue weighted by atomic mass is 16.5. The summed E-state index contributed by atoms with van der Waals surface area (Å²) >= 11 is 0. The molecular weight excluding hydrogens is 342 g/mol. The molecule has 1 aliphatic heterocycles.